The molecule has 5 nitrogen and oxygen atoms in total. The minimum absolute atomic E-state index is 0.146. The van der Waals surface area contributed by atoms with Crippen molar-refractivity contribution in [3.63, 3.8) is 0 Å². The standard InChI is InChI=1S/C13H17NO4/c1-8(15)10-9(6-5-7-14-10)18-11(12(16)17)13(2,3)4/h5-7,11H,1-4H3,(H,16,17). The highest BCUT2D eigenvalue weighted by Gasteiger charge is 2.34. The van der Waals surface area contributed by atoms with E-state index in [0.29, 0.717) is 0 Å². The third kappa shape index (κ3) is 3.29. The number of aliphatic carboxylic acids is 1. The number of hydrogen-bond acceptors (Lipinski definition) is 4. The quantitative estimate of drug-likeness (QED) is 0.830. The molecule has 1 aromatic heterocycles. The van der Waals surface area contributed by atoms with Gasteiger partial charge in [0.2, 0.25) is 0 Å². The topological polar surface area (TPSA) is 76.5 Å². The smallest absolute Gasteiger partial charge is 0.345 e. The van der Waals surface area contributed by atoms with Gasteiger partial charge in [-0.3, -0.25) is 4.79 Å². The zero-order chi connectivity index (χ0) is 13.9. The highest BCUT2D eigenvalue weighted by molar-refractivity contribution is 5.94. The molecule has 0 aliphatic heterocycles. The van der Waals surface area contributed by atoms with Crippen molar-refractivity contribution < 1.29 is 19.4 Å². The number of nitrogens with zero attached hydrogens (tertiary/aromatic N) is 1. The van der Waals surface area contributed by atoms with Crippen LogP contribution in [0.3, 0.4) is 0 Å². The molecular formula is C13H17NO4. The molecule has 0 bridgehead atoms. The van der Waals surface area contributed by atoms with Crippen LogP contribution >= 0.6 is 0 Å². The van der Waals surface area contributed by atoms with E-state index >= 15 is 0 Å². The first kappa shape index (κ1) is 14.2. The van der Waals surface area contributed by atoms with Crippen LogP contribution in [0.15, 0.2) is 18.3 Å². The normalized spacial score (nSPS) is 12.9. The third-order valence-corrected chi connectivity index (χ3v) is 2.36. The number of carboxylic acids is 1. The highest BCUT2D eigenvalue weighted by atomic mass is 16.5. The molecule has 0 radical (unpaired) electrons. The minimum Gasteiger partial charge on any atom is -0.478 e. The van der Waals surface area contributed by atoms with Gasteiger partial charge in [-0.1, -0.05) is 20.8 Å². The molecule has 1 N–H and O–H groups in total. The van der Waals surface area contributed by atoms with E-state index in [1.165, 1.54) is 13.1 Å². The van der Waals surface area contributed by atoms with Crippen LogP contribution in [-0.2, 0) is 4.79 Å². The van der Waals surface area contributed by atoms with Gasteiger partial charge >= 0.3 is 5.97 Å². The van der Waals surface area contributed by atoms with E-state index in [4.69, 9.17) is 9.84 Å². The number of pyridine rings is 1. The van der Waals surface area contributed by atoms with Crippen molar-refractivity contribution in [3.05, 3.63) is 24.0 Å². The van der Waals surface area contributed by atoms with Gasteiger partial charge < -0.3 is 9.84 Å². The number of Topliss-reactive ketones (excluding diaryl/α,β-unsaturated/α-hetero) is 1. The molecule has 1 rings (SSSR count). The number of ketones is 1. The maximum atomic E-state index is 11.4. The van der Waals surface area contributed by atoms with Crippen molar-refractivity contribution in [3.8, 4) is 5.75 Å². The predicted molar refractivity (Wildman–Crippen MR) is 65.7 cm³/mol. The molecule has 0 spiro atoms. The van der Waals surface area contributed by atoms with Gasteiger partial charge in [-0.25, -0.2) is 9.78 Å². The number of carbonyl (C=O) groups excluding carboxylic acids is 1. The monoisotopic (exact) mass is 251 g/mol. The fourth-order valence-corrected chi connectivity index (χ4v) is 1.47. The molecule has 0 fully saturated rings. The Morgan fingerprint density at radius 2 is 2.00 bits per heavy atom. The van der Waals surface area contributed by atoms with E-state index in [0.717, 1.165) is 0 Å². The van der Waals surface area contributed by atoms with Crippen LogP contribution in [0.1, 0.15) is 38.2 Å². The summed E-state index contributed by atoms with van der Waals surface area (Å²) in [6, 6.07) is 3.15. The van der Waals surface area contributed by atoms with Gasteiger partial charge in [0, 0.05) is 18.5 Å². The summed E-state index contributed by atoms with van der Waals surface area (Å²) >= 11 is 0. The van der Waals surface area contributed by atoms with Gasteiger partial charge in [0.1, 0.15) is 11.4 Å². The second-order valence-corrected chi connectivity index (χ2v) is 5.11. The fraction of sp³-hybridized carbons (Fsp3) is 0.462. The maximum Gasteiger partial charge on any atom is 0.345 e. The molecule has 1 atom stereocenters. The SMILES string of the molecule is CC(=O)c1ncccc1OC(C(=O)O)C(C)(C)C. The van der Waals surface area contributed by atoms with Gasteiger partial charge in [0.25, 0.3) is 0 Å². The summed E-state index contributed by atoms with van der Waals surface area (Å²) < 4.78 is 5.45. The van der Waals surface area contributed by atoms with Gasteiger partial charge in [-0.15, -0.1) is 0 Å². The van der Waals surface area contributed by atoms with E-state index in [2.05, 4.69) is 4.98 Å². The first-order chi connectivity index (χ1) is 8.23. The van der Waals surface area contributed by atoms with E-state index in [9.17, 15) is 9.59 Å². The molecular weight excluding hydrogens is 234 g/mol. The molecule has 1 aromatic rings. The molecule has 1 unspecified atom stereocenters. The largest absolute Gasteiger partial charge is 0.478 e. The van der Waals surface area contributed by atoms with Crippen molar-refractivity contribution in [1.82, 2.24) is 4.98 Å². The van der Waals surface area contributed by atoms with Crippen LogP contribution in [-0.4, -0.2) is 27.9 Å². The number of ether oxygens (including phenoxy) is 1. The number of carbonyl (C=O) groups is 2. The Labute approximate surface area is 106 Å². The van der Waals surface area contributed by atoms with E-state index < -0.39 is 17.5 Å². The molecule has 0 saturated carbocycles. The van der Waals surface area contributed by atoms with Crippen LogP contribution in [0, 0.1) is 5.41 Å². The van der Waals surface area contributed by atoms with Gasteiger partial charge in [-0.2, -0.15) is 0 Å². The van der Waals surface area contributed by atoms with Crippen molar-refractivity contribution in [2.24, 2.45) is 5.41 Å². The molecule has 18 heavy (non-hydrogen) atoms. The fourth-order valence-electron chi connectivity index (χ4n) is 1.47. The number of carboxylic acid groups (broad SMARTS) is 1. The van der Waals surface area contributed by atoms with Gasteiger partial charge in [0.05, 0.1) is 0 Å². The average molecular weight is 251 g/mol. The Morgan fingerprint density at radius 3 is 2.44 bits per heavy atom. The van der Waals surface area contributed by atoms with Crippen LogP contribution in [0.2, 0.25) is 0 Å². The second-order valence-electron chi connectivity index (χ2n) is 5.11. The Hall–Kier alpha value is -1.91. The second kappa shape index (κ2) is 5.16. The van der Waals surface area contributed by atoms with Crippen molar-refractivity contribution in [2.75, 3.05) is 0 Å². The zero-order valence-electron chi connectivity index (χ0n) is 10.9. The summed E-state index contributed by atoms with van der Waals surface area (Å²) in [6.07, 6.45) is 0.427. The summed E-state index contributed by atoms with van der Waals surface area (Å²) in [6.45, 7) is 6.64. The Morgan fingerprint density at radius 1 is 1.39 bits per heavy atom. The Bertz CT molecular complexity index is 462. The number of rotatable bonds is 4. The summed E-state index contributed by atoms with van der Waals surface area (Å²) in [4.78, 5) is 26.5. The first-order valence-electron chi connectivity index (χ1n) is 5.59. The molecule has 98 valence electrons. The molecule has 1 heterocycles. The summed E-state index contributed by atoms with van der Waals surface area (Å²) in [5.74, 6) is -1.13. The van der Waals surface area contributed by atoms with Crippen molar-refractivity contribution in [2.45, 2.75) is 33.8 Å². The summed E-state index contributed by atoms with van der Waals surface area (Å²) in [5.41, 5.74) is -0.441. The lowest BCUT2D eigenvalue weighted by Crippen LogP contribution is -2.39. The van der Waals surface area contributed by atoms with E-state index in [-0.39, 0.29) is 17.2 Å². The molecule has 0 amide bonds. The number of hydrogen-bond donors (Lipinski definition) is 1. The summed E-state index contributed by atoms with van der Waals surface area (Å²) in [7, 11) is 0. The average Bonchev–Trinajstić information content (AvgIpc) is 2.24. The van der Waals surface area contributed by atoms with E-state index in [1.54, 1.807) is 32.9 Å². The highest BCUT2D eigenvalue weighted by Crippen LogP contribution is 2.26. The van der Waals surface area contributed by atoms with Crippen LogP contribution in [0.5, 0.6) is 5.75 Å². The molecule has 0 aliphatic rings. The van der Waals surface area contributed by atoms with Gasteiger partial charge in [0.15, 0.2) is 11.9 Å². The number of aromatic nitrogens is 1. The van der Waals surface area contributed by atoms with Crippen LogP contribution in [0.4, 0.5) is 0 Å². The molecule has 5 heteroatoms. The Balaban J connectivity index is 3.09. The molecule has 0 aromatic carbocycles. The molecule has 0 saturated heterocycles. The van der Waals surface area contributed by atoms with Crippen molar-refractivity contribution >= 4 is 11.8 Å². The lowest BCUT2D eigenvalue weighted by molar-refractivity contribution is -0.150. The van der Waals surface area contributed by atoms with Crippen LogP contribution < -0.4 is 4.74 Å². The lowest BCUT2D eigenvalue weighted by Gasteiger charge is -2.27. The minimum atomic E-state index is -1.07. The van der Waals surface area contributed by atoms with Gasteiger partial charge in [-0.05, 0) is 12.1 Å². The van der Waals surface area contributed by atoms with Crippen molar-refractivity contribution in [1.29, 1.82) is 0 Å². The lowest BCUT2D eigenvalue weighted by atomic mass is 9.89. The van der Waals surface area contributed by atoms with Crippen LogP contribution in [0.25, 0.3) is 0 Å². The van der Waals surface area contributed by atoms with E-state index in [1.807, 2.05) is 0 Å². The molecule has 0 aliphatic carbocycles. The summed E-state index contributed by atoms with van der Waals surface area (Å²) in [5, 5.41) is 9.17. The first-order valence-corrected chi connectivity index (χ1v) is 5.59. The maximum absolute atomic E-state index is 11.4. The zero-order valence-corrected chi connectivity index (χ0v) is 10.9. The predicted octanol–water partition coefficient (Wildman–Crippen LogP) is 2.16. The Kier molecular flexibility index (Phi) is 4.06. The third-order valence-electron chi connectivity index (χ3n) is 2.36.